The molecule has 81 heavy (non-hydrogen) atoms. The summed E-state index contributed by atoms with van der Waals surface area (Å²) < 4.78 is 78.8. The number of fused-ring (bicyclic) bond motifs is 3. The molecule has 6 aliphatic rings. The van der Waals surface area contributed by atoms with Gasteiger partial charge in [0.05, 0.1) is 44.4 Å². The lowest BCUT2D eigenvalue weighted by molar-refractivity contribution is 0.118. The summed E-state index contributed by atoms with van der Waals surface area (Å²) in [4.78, 5) is 12.3. The van der Waals surface area contributed by atoms with Gasteiger partial charge in [0.1, 0.15) is 23.4 Å². The van der Waals surface area contributed by atoms with Crippen molar-refractivity contribution in [1.29, 1.82) is 0 Å². The van der Waals surface area contributed by atoms with Crippen molar-refractivity contribution in [3.63, 3.8) is 0 Å². The second-order valence-corrected chi connectivity index (χ2v) is 28.9. The maximum absolute atomic E-state index is 13.8. The molecule has 12 rings (SSSR count). The molecule has 5 aromatic carbocycles. The average molecular weight is 1170 g/mol. The number of hydrogen-bond donors (Lipinski definition) is 6. The van der Waals surface area contributed by atoms with Gasteiger partial charge in [-0.25, -0.2) is 25.6 Å². The number of sulfone groups is 2. The third-order valence-electron chi connectivity index (χ3n) is 17.5. The van der Waals surface area contributed by atoms with Gasteiger partial charge in [0.25, 0.3) is 0 Å². The molecule has 6 fully saturated rings. The van der Waals surface area contributed by atoms with E-state index in [-0.39, 0.29) is 27.8 Å². The van der Waals surface area contributed by atoms with Crippen molar-refractivity contribution < 1.29 is 56.3 Å². The first kappa shape index (κ1) is 58.7. The van der Waals surface area contributed by atoms with E-state index in [4.69, 9.17) is 0 Å². The molecule has 6 N–H and O–H groups in total. The number of thioether (sulfide) groups is 1. The van der Waals surface area contributed by atoms with Crippen LogP contribution in [-0.4, -0.2) is 142 Å². The topological polar surface area (TPSA) is 212 Å². The molecule has 3 saturated heterocycles. The predicted octanol–water partition coefficient (Wildman–Crippen LogP) is 8.82. The molecule has 4 heterocycles. The highest BCUT2D eigenvalue weighted by Gasteiger charge is 2.48. The minimum absolute atomic E-state index is 0.107. The molecule has 3 aliphatic heterocycles. The van der Waals surface area contributed by atoms with Crippen LogP contribution in [0.4, 0.5) is 8.78 Å². The quantitative estimate of drug-likeness (QED) is 0.0567. The molecular weight excluding hydrogens is 1090 g/mol. The number of nitrogens with zero attached hydrogens (tertiary/aromatic N) is 4. The van der Waals surface area contributed by atoms with E-state index in [0.717, 1.165) is 68.6 Å². The van der Waals surface area contributed by atoms with Crippen molar-refractivity contribution in [1.82, 2.24) is 19.7 Å². The summed E-state index contributed by atoms with van der Waals surface area (Å²) >= 11 is 1.67. The van der Waals surface area contributed by atoms with E-state index in [1.807, 2.05) is 24.3 Å². The summed E-state index contributed by atoms with van der Waals surface area (Å²) in [6.45, 7) is 6.58. The van der Waals surface area contributed by atoms with Gasteiger partial charge in [0.15, 0.2) is 31.2 Å². The zero-order chi connectivity index (χ0) is 57.0. The van der Waals surface area contributed by atoms with Crippen LogP contribution in [0, 0.1) is 47.1 Å². The SMILES string of the molecule is O=S(=O)(c1ccccc1)C1C[C@@H]2CN(CC(O)c3ccc(O)c(F)c3)C[C@@H]2C1.O=S(=O)(c1ccccc1)C1C[C@@H]2CN(CC(O)c3ccc(O)cc3)C[C@@H]2C1.Oc1ccc(C(O)CN2C[C@H]3CC(Sc4ccccc4F)C[C@H]3C2)nc1. The maximum Gasteiger partial charge on any atom is 0.181 e. The van der Waals surface area contributed by atoms with Crippen LogP contribution < -0.4 is 0 Å². The Morgan fingerprint density at radius 2 is 0.901 bits per heavy atom. The van der Waals surface area contributed by atoms with Crippen LogP contribution in [0.15, 0.2) is 160 Å². The fraction of sp³-hybridized carbons (Fsp3) is 0.435. The summed E-state index contributed by atoms with van der Waals surface area (Å²) in [6.07, 6.45) is 4.17. The number of aromatic hydroxyl groups is 3. The lowest BCUT2D eigenvalue weighted by Crippen LogP contribution is -2.29. The Bertz CT molecular complexity index is 3240. The first-order valence-corrected chi connectivity index (χ1v) is 32.0. The van der Waals surface area contributed by atoms with E-state index in [2.05, 4.69) is 19.7 Å². The summed E-state index contributed by atoms with van der Waals surface area (Å²) in [7, 11) is -6.57. The third kappa shape index (κ3) is 14.1. The number of aliphatic hydroxyl groups excluding tert-OH is 3. The van der Waals surface area contributed by atoms with Gasteiger partial charge in [0, 0.05) is 69.0 Å². The van der Waals surface area contributed by atoms with Gasteiger partial charge in [-0.3, -0.25) is 19.7 Å². The molecule has 3 aliphatic carbocycles. The van der Waals surface area contributed by atoms with Crippen molar-refractivity contribution >= 4 is 31.4 Å². The van der Waals surface area contributed by atoms with E-state index in [0.29, 0.717) is 107 Å². The van der Waals surface area contributed by atoms with Crippen LogP contribution in [0.5, 0.6) is 17.2 Å². The van der Waals surface area contributed by atoms with E-state index in [1.165, 1.54) is 24.4 Å². The van der Waals surface area contributed by atoms with Crippen LogP contribution >= 0.6 is 11.8 Å². The molecule has 12 atom stereocenters. The third-order valence-corrected chi connectivity index (χ3v) is 23.2. The molecule has 0 radical (unpaired) electrons. The van der Waals surface area contributed by atoms with Crippen molar-refractivity contribution in [2.45, 2.75) is 87.3 Å². The molecule has 19 heteroatoms. The van der Waals surface area contributed by atoms with Gasteiger partial charge < -0.3 is 30.6 Å². The molecule has 14 nitrogen and oxygen atoms in total. The maximum atomic E-state index is 13.8. The second kappa shape index (κ2) is 25.6. The number of pyridine rings is 1. The van der Waals surface area contributed by atoms with Crippen LogP contribution in [0.3, 0.4) is 0 Å². The molecule has 1 aromatic heterocycles. The van der Waals surface area contributed by atoms with Gasteiger partial charge >= 0.3 is 0 Å². The number of phenolic OH excluding ortho intramolecular Hbond substituents is 2. The van der Waals surface area contributed by atoms with Crippen LogP contribution in [0.2, 0.25) is 0 Å². The Kier molecular flexibility index (Phi) is 18.5. The van der Waals surface area contributed by atoms with Gasteiger partial charge in [-0.15, -0.1) is 11.8 Å². The molecule has 0 amide bonds. The molecular formula is C62H72F2N4O10S3. The Morgan fingerprint density at radius 3 is 1.36 bits per heavy atom. The highest BCUT2D eigenvalue weighted by atomic mass is 32.2. The van der Waals surface area contributed by atoms with Gasteiger partial charge in [-0.05, 0) is 158 Å². The zero-order valence-electron chi connectivity index (χ0n) is 45.0. The predicted molar refractivity (Wildman–Crippen MR) is 306 cm³/mol. The van der Waals surface area contributed by atoms with E-state index in [9.17, 15) is 56.3 Å². The molecule has 0 bridgehead atoms. The summed E-state index contributed by atoms with van der Waals surface area (Å²) in [6, 6.07) is 38.1. The fourth-order valence-electron chi connectivity index (χ4n) is 13.5. The smallest absolute Gasteiger partial charge is 0.181 e. The Morgan fingerprint density at radius 1 is 0.481 bits per heavy atom. The van der Waals surface area contributed by atoms with Gasteiger partial charge in [0.2, 0.25) is 0 Å². The average Bonchev–Trinajstić information content (AvgIpc) is 4.43. The Hall–Kier alpha value is -5.48. The summed E-state index contributed by atoms with van der Waals surface area (Å²) in [5, 5.41) is 59.0. The fourth-order valence-corrected chi connectivity index (χ4v) is 18.7. The van der Waals surface area contributed by atoms with Crippen LogP contribution in [0.1, 0.15) is 73.7 Å². The number of β-amino-alcohol motifs (C(OH)–C–C–N with tert-alkyl or cyclic N) is 3. The summed E-state index contributed by atoms with van der Waals surface area (Å²) in [5.74, 6) is 1.59. The highest BCUT2D eigenvalue weighted by molar-refractivity contribution is 8.00. The van der Waals surface area contributed by atoms with E-state index >= 15 is 0 Å². The largest absolute Gasteiger partial charge is 0.508 e. The minimum Gasteiger partial charge on any atom is -0.508 e. The lowest BCUT2D eigenvalue weighted by Gasteiger charge is -2.22. The Balaban J connectivity index is 0.000000136. The minimum atomic E-state index is -3.31. The van der Waals surface area contributed by atoms with Crippen LogP contribution in [0.25, 0.3) is 0 Å². The van der Waals surface area contributed by atoms with Gasteiger partial charge in [-0.2, -0.15) is 0 Å². The first-order valence-electron chi connectivity index (χ1n) is 28.0. The van der Waals surface area contributed by atoms with Crippen molar-refractivity contribution in [3.8, 4) is 17.2 Å². The number of benzene rings is 5. The number of likely N-dealkylation sites (tertiary alicyclic amines) is 3. The Labute approximate surface area is 478 Å². The standard InChI is InChI=1S/C21H24FNO4S.C21H25NO4S.C20H23FN2O2S/c22-19-10-14(6-7-20(19)24)21(25)13-23-11-15-8-18(9-16(15)12-23)28(26,27)17-4-2-1-3-5-17;23-18-8-6-15(7-9-18)21(24)14-22-12-16-10-20(11-17(16)13-22)27(25,26)19-4-2-1-3-5-19;21-17-3-1-2-4-20(17)26-16-7-13-10-23(11-14(13)8-16)12-19(25)18-6-5-15(24)9-22-18/h1-7,10,15-16,18,21,24-25H,8-9,11-13H2;1-9,16-17,20-21,23-24H,10-14H2;1-6,9,13-14,16,19,24-25H,7-8,10-12H2/t15-,16+,18?,21?;16-,17+,20?,21?;13-,14+,16?,19?. The number of halogens is 2. The van der Waals surface area contributed by atoms with Crippen molar-refractivity contribution in [2.24, 2.45) is 35.5 Å². The number of rotatable bonds is 15. The number of phenols is 2. The molecule has 432 valence electrons. The lowest BCUT2D eigenvalue weighted by atomic mass is 10.0. The van der Waals surface area contributed by atoms with E-state index < -0.39 is 49.6 Å². The zero-order valence-corrected chi connectivity index (χ0v) is 47.4. The molecule has 0 spiro atoms. The first-order chi connectivity index (χ1) is 38.9. The molecule has 6 unspecified atom stereocenters. The second-order valence-electron chi connectivity index (χ2n) is 23.1. The van der Waals surface area contributed by atoms with E-state index in [1.54, 1.807) is 103 Å². The van der Waals surface area contributed by atoms with Crippen LogP contribution in [-0.2, 0) is 19.7 Å². The highest BCUT2D eigenvalue weighted by Crippen LogP contribution is 2.47. The number of aromatic nitrogens is 1. The number of aliphatic hydroxyl groups is 3. The monoisotopic (exact) mass is 1170 g/mol. The summed E-state index contributed by atoms with van der Waals surface area (Å²) in [5.41, 5.74) is 1.80. The molecule has 3 saturated carbocycles. The normalized spacial score (nSPS) is 26.6. The number of hydrogen-bond acceptors (Lipinski definition) is 15. The molecule has 6 aromatic rings. The van der Waals surface area contributed by atoms with Crippen molar-refractivity contribution in [3.05, 3.63) is 174 Å². The van der Waals surface area contributed by atoms with Gasteiger partial charge in [-0.1, -0.05) is 66.7 Å². The van der Waals surface area contributed by atoms with Crippen molar-refractivity contribution in [2.75, 3.05) is 58.9 Å².